The lowest BCUT2D eigenvalue weighted by atomic mass is 10.1. The highest BCUT2D eigenvalue weighted by Crippen LogP contribution is 1.98. The van der Waals surface area contributed by atoms with Crippen molar-refractivity contribution in [3.05, 3.63) is 103 Å². The van der Waals surface area contributed by atoms with Crippen LogP contribution in [0.25, 0.3) is 12.2 Å². The molecule has 0 aliphatic heterocycles. The molecule has 0 atom stereocenters. The van der Waals surface area contributed by atoms with Gasteiger partial charge in [0.1, 0.15) is 0 Å². The van der Waals surface area contributed by atoms with E-state index < -0.39 is 0 Å². The summed E-state index contributed by atoms with van der Waals surface area (Å²) in [5, 5.41) is 5.43. The molecule has 0 radical (unpaired) electrons. The summed E-state index contributed by atoms with van der Waals surface area (Å²) < 4.78 is 0. The van der Waals surface area contributed by atoms with E-state index in [9.17, 15) is 9.59 Å². The SMILES string of the molecule is O=c1[nH][nH]c(=O)c(=C/c2ccccc2)/c1=C/c1ccccc1. The summed E-state index contributed by atoms with van der Waals surface area (Å²) in [5.74, 6) is 0. The van der Waals surface area contributed by atoms with Crippen molar-refractivity contribution in [2.45, 2.75) is 0 Å². The topological polar surface area (TPSA) is 65.7 Å². The smallest absolute Gasteiger partial charge is 0.267 e. The first-order chi connectivity index (χ1) is 10.7. The lowest BCUT2D eigenvalue weighted by molar-refractivity contribution is 0.924. The minimum atomic E-state index is -0.328. The van der Waals surface area contributed by atoms with Gasteiger partial charge in [-0.1, -0.05) is 60.7 Å². The molecule has 1 aromatic heterocycles. The molecule has 0 spiro atoms. The maximum absolute atomic E-state index is 12.1. The van der Waals surface area contributed by atoms with Crippen LogP contribution in [0.4, 0.5) is 0 Å². The Morgan fingerprint density at radius 2 is 0.955 bits per heavy atom. The van der Waals surface area contributed by atoms with Crippen molar-refractivity contribution < 1.29 is 0 Å². The zero-order valence-corrected chi connectivity index (χ0v) is 11.7. The van der Waals surface area contributed by atoms with Crippen LogP contribution in [0.2, 0.25) is 0 Å². The third-order valence-corrected chi connectivity index (χ3v) is 3.29. The third-order valence-electron chi connectivity index (χ3n) is 3.29. The van der Waals surface area contributed by atoms with Crippen molar-refractivity contribution in [3.8, 4) is 0 Å². The lowest BCUT2D eigenvalue weighted by Crippen LogP contribution is -2.51. The van der Waals surface area contributed by atoms with Gasteiger partial charge in [0.05, 0.1) is 10.4 Å². The van der Waals surface area contributed by atoms with Gasteiger partial charge in [-0.25, -0.2) is 0 Å². The highest BCUT2D eigenvalue weighted by Gasteiger charge is 1.99. The van der Waals surface area contributed by atoms with Crippen molar-refractivity contribution in [1.29, 1.82) is 0 Å². The van der Waals surface area contributed by atoms with Crippen molar-refractivity contribution in [1.82, 2.24) is 10.2 Å². The predicted octanol–water partition coefficient (Wildman–Crippen LogP) is 0.721. The van der Waals surface area contributed by atoms with Crippen LogP contribution in [0.15, 0.2) is 70.3 Å². The second-order valence-electron chi connectivity index (χ2n) is 4.85. The van der Waals surface area contributed by atoms with Crippen LogP contribution in [0, 0.1) is 0 Å². The standard InChI is InChI=1S/C18H14N2O2/c21-17-15(11-13-7-3-1-4-8-13)16(18(22)20-19-17)12-14-9-5-2-6-10-14/h1-12H,(H,19,21)(H,20,22)/b15-11-,16-12+. The van der Waals surface area contributed by atoms with Gasteiger partial charge in [-0.2, -0.15) is 0 Å². The molecule has 0 amide bonds. The summed E-state index contributed by atoms with van der Waals surface area (Å²) in [6.45, 7) is 0. The van der Waals surface area contributed by atoms with Crippen LogP contribution in [-0.4, -0.2) is 10.2 Å². The highest BCUT2D eigenvalue weighted by atomic mass is 16.1. The van der Waals surface area contributed by atoms with E-state index in [1.807, 2.05) is 60.7 Å². The second kappa shape index (κ2) is 6.10. The maximum Gasteiger partial charge on any atom is 0.270 e. The van der Waals surface area contributed by atoms with E-state index in [0.29, 0.717) is 10.4 Å². The van der Waals surface area contributed by atoms with Gasteiger partial charge in [0.2, 0.25) is 0 Å². The number of benzene rings is 2. The predicted molar refractivity (Wildman–Crippen MR) is 87.0 cm³/mol. The molecule has 1 heterocycles. The Morgan fingerprint density at radius 3 is 1.32 bits per heavy atom. The number of rotatable bonds is 2. The normalized spacial score (nSPS) is 12.5. The number of hydrogen-bond donors (Lipinski definition) is 2. The number of hydrogen-bond acceptors (Lipinski definition) is 2. The molecule has 0 saturated heterocycles. The highest BCUT2D eigenvalue weighted by molar-refractivity contribution is 5.53. The average molecular weight is 290 g/mol. The van der Waals surface area contributed by atoms with Gasteiger partial charge in [-0.3, -0.25) is 19.8 Å². The van der Waals surface area contributed by atoms with Gasteiger partial charge >= 0.3 is 0 Å². The van der Waals surface area contributed by atoms with E-state index in [1.54, 1.807) is 12.2 Å². The third kappa shape index (κ3) is 2.96. The Hall–Kier alpha value is -3.14. The summed E-state index contributed by atoms with van der Waals surface area (Å²) in [6, 6.07) is 18.9. The van der Waals surface area contributed by atoms with E-state index in [0.717, 1.165) is 11.1 Å². The Kier molecular flexibility index (Phi) is 3.83. The first kappa shape index (κ1) is 13.8. The number of aromatic amines is 2. The van der Waals surface area contributed by atoms with E-state index in [1.165, 1.54) is 0 Å². The molecular weight excluding hydrogens is 276 g/mol. The molecule has 0 aliphatic carbocycles. The second-order valence-corrected chi connectivity index (χ2v) is 4.85. The lowest BCUT2D eigenvalue weighted by Gasteiger charge is -1.95. The van der Waals surface area contributed by atoms with Crippen LogP contribution < -0.4 is 21.6 Å². The summed E-state index contributed by atoms with van der Waals surface area (Å²) in [6.07, 6.45) is 3.42. The molecule has 108 valence electrons. The Bertz CT molecular complexity index is 916. The molecule has 0 fully saturated rings. The van der Waals surface area contributed by atoms with Gasteiger partial charge < -0.3 is 0 Å². The molecule has 0 saturated carbocycles. The maximum atomic E-state index is 12.1. The Morgan fingerprint density at radius 1 is 0.591 bits per heavy atom. The zero-order chi connectivity index (χ0) is 15.4. The van der Waals surface area contributed by atoms with Crippen LogP contribution in [0.5, 0.6) is 0 Å². The molecule has 3 rings (SSSR count). The molecule has 3 aromatic rings. The molecule has 0 bridgehead atoms. The molecule has 2 aromatic carbocycles. The van der Waals surface area contributed by atoms with Gasteiger partial charge in [-0.15, -0.1) is 0 Å². The van der Waals surface area contributed by atoms with Crippen LogP contribution in [0.1, 0.15) is 11.1 Å². The van der Waals surface area contributed by atoms with E-state index in [4.69, 9.17) is 0 Å². The number of H-pyrrole nitrogens is 2. The molecule has 4 nitrogen and oxygen atoms in total. The molecule has 0 aliphatic rings. The zero-order valence-electron chi connectivity index (χ0n) is 11.7. The van der Waals surface area contributed by atoms with E-state index in [2.05, 4.69) is 10.2 Å². The van der Waals surface area contributed by atoms with Crippen LogP contribution in [-0.2, 0) is 0 Å². The first-order valence-corrected chi connectivity index (χ1v) is 6.88. The van der Waals surface area contributed by atoms with Crippen molar-refractivity contribution in [2.24, 2.45) is 0 Å². The van der Waals surface area contributed by atoms with Crippen LogP contribution >= 0.6 is 0 Å². The van der Waals surface area contributed by atoms with Gasteiger partial charge in [0, 0.05) is 0 Å². The summed E-state index contributed by atoms with van der Waals surface area (Å²) in [4.78, 5) is 24.2. The van der Waals surface area contributed by atoms with Gasteiger partial charge in [-0.05, 0) is 23.3 Å². The summed E-state index contributed by atoms with van der Waals surface area (Å²) in [7, 11) is 0. The summed E-state index contributed by atoms with van der Waals surface area (Å²) >= 11 is 0. The van der Waals surface area contributed by atoms with Crippen molar-refractivity contribution in [3.63, 3.8) is 0 Å². The number of nitrogens with one attached hydrogen (secondary N) is 2. The summed E-state index contributed by atoms with van der Waals surface area (Å²) in [5.41, 5.74) is 1.07. The molecule has 0 unspecified atom stereocenters. The Labute approximate surface area is 126 Å². The van der Waals surface area contributed by atoms with Crippen molar-refractivity contribution >= 4 is 12.2 Å². The van der Waals surface area contributed by atoms with Crippen LogP contribution in [0.3, 0.4) is 0 Å². The van der Waals surface area contributed by atoms with Crippen molar-refractivity contribution in [2.75, 3.05) is 0 Å². The molecular formula is C18H14N2O2. The minimum Gasteiger partial charge on any atom is -0.267 e. The molecule has 22 heavy (non-hydrogen) atoms. The monoisotopic (exact) mass is 290 g/mol. The van der Waals surface area contributed by atoms with Gasteiger partial charge in [0.15, 0.2) is 0 Å². The largest absolute Gasteiger partial charge is 0.270 e. The van der Waals surface area contributed by atoms with E-state index in [-0.39, 0.29) is 11.1 Å². The first-order valence-electron chi connectivity index (χ1n) is 6.88. The fourth-order valence-corrected chi connectivity index (χ4v) is 2.21. The minimum absolute atomic E-state index is 0.328. The quantitative estimate of drug-likeness (QED) is 0.730. The fraction of sp³-hybridized carbons (Fsp3) is 0. The Balaban J connectivity index is 2.35. The number of aromatic nitrogens is 2. The van der Waals surface area contributed by atoms with E-state index >= 15 is 0 Å². The average Bonchev–Trinajstić information content (AvgIpc) is 2.56. The molecule has 2 N–H and O–H groups in total. The molecule has 4 heteroatoms. The van der Waals surface area contributed by atoms with Gasteiger partial charge in [0.25, 0.3) is 11.1 Å². The fourth-order valence-electron chi connectivity index (χ4n) is 2.21.